The second-order valence-corrected chi connectivity index (χ2v) is 11.0. The van der Waals surface area contributed by atoms with E-state index in [1.165, 1.54) is 11.1 Å². The van der Waals surface area contributed by atoms with Crippen LogP contribution in [0, 0.1) is 0 Å². The molecule has 0 aliphatic carbocycles. The van der Waals surface area contributed by atoms with E-state index in [2.05, 4.69) is 29.2 Å². The number of nitrogens with zero attached hydrogens (tertiary/aromatic N) is 2. The predicted octanol–water partition coefficient (Wildman–Crippen LogP) is 7.28. The number of benzene rings is 1. The molecule has 0 radical (unpaired) electrons. The van der Waals surface area contributed by atoms with Crippen LogP contribution in [0.5, 0.6) is 0 Å². The Bertz CT molecular complexity index is 1170. The molecule has 3 heterocycles. The molecule has 2 saturated heterocycles. The maximum absolute atomic E-state index is 13.2. The molecule has 1 amide bonds. The number of nitrogens with two attached hydrogens (primary N) is 1. The smallest absolute Gasteiger partial charge is 0.410 e. The monoisotopic (exact) mass is 503 g/mol. The quantitative estimate of drug-likeness (QED) is 0.434. The fourth-order valence-corrected chi connectivity index (χ4v) is 5.44. The minimum atomic E-state index is -0.529. The first-order chi connectivity index (χ1) is 17.7. The zero-order valence-electron chi connectivity index (χ0n) is 22.9. The Morgan fingerprint density at radius 2 is 1.86 bits per heavy atom. The standard InChI is InChI=1S/C31H41N3O3/c1-6-9-21(7-2)26-19-24(20-33-29(26)32)23-11-12-25(22-13-16-36-17-14-22)27(18-23)28-10-8-15-34(28)30(35)37-31(3,4)5/h6-7,9,11-12,18-20,22,28H,8,10,13-17H2,1-5H3,(H2,32,33)/b9-6-,21-7+. The van der Waals surface area contributed by atoms with Gasteiger partial charge in [0, 0.05) is 37.1 Å². The minimum Gasteiger partial charge on any atom is -0.444 e. The summed E-state index contributed by atoms with van der Waals surface area (Å²) in [5, 5.41) is 0. The Morgan fingerprint density at radius 1 is 1.11 bits per heavy atom. The second-order valence-electron chi connectivity index (χ2n) is 11.0. The van der Waals surface area contributed by atoms with E-state index in [1.54, 1.807) is 0 Å². The zero-order valence-corrected chi connectivity index (χ0v) is 22.9. The van der Waals surface area contributed by atoms with Crippen LogP contribution in [0.1, 0.15) is 89.0 Å². The molecule has 0 saturated carbocycles. The van der Waals surface area contributed by atoms with Crippen LogP contribution < -0.4 is 5.73 Å². The lowest BCUT2D eigenvalue weighted by Gasteiger charge is -2.32. The van der Waals surface area contributed by atoms with Crippen LogP contribution in [-0.4, -0.2) is 41.3 Å². The Hall–Kier alpha value is -3.12. The van der Waals surface area contributed by atoms with Crippen LogP contribution in [0.25, 0.3) is 16.7 Å². The lowest BCUT2D eigenvalue weighted by atomic mass is 9.83. The molecule has 2 aliphatic rings. The van der Waals surface area contributed by atoms with Gasteiger partial charge in [0.2, 0.25) is 0 Å². The number of hydrogen-bond donors (Lipinski definition) is 1. The van der Waals surface area contributed by atoms with Crippen LogP contribution in [0.15, 0.2) is 48.7 Å². The van der Waals surface area contributed by atoms with Crippen molar-refractivity contribution >= 4 is 17.5 Å². The lowest BCUT2D eigenvalue weighted by molar-refractivity contribution is 0.0222. The second kappa shape index (κ2) is 11.5. The minimum absolute atomic E-state index is 0.0111. The van der Waals surface area contributed by atoms with E-state index >= 15 is 0 Å². The average molecular weight is 504 g/mol. The highest BCUT2D eigenvalue weighted by Gasteiger charge is 2.35. The fourth-order valence-electron chi connectivity index (χ4n) is 5.44. The molecule has 6 heteroatoms. The third-order valence-corrected chi connectivity index (χ3v) is 7.21. The number of ether oxygens (including phenoxy) is 2. The van der Waals surface area contributed by atoms with Crippen LogP contribution >= 0.6 is 0 Å². The number of carbonyl (C=O) groups is 1. The van der Waals surface area contributed by atoms with Gasteiger partial charge >= 0.3 is 6.09 Å². The highest BCUT2D eigenvalue weighted by atomic mass is 16.6. The van der Waals surface area contributed by atoms with Gasteiger partial charge in [0.25, 0.3) is 0 Å². The van der Waals surface area contributed by atoms with E-state index in [0.717, 1.165) is 61.2 Å². The maximum Gasteiger partial charge on any atom is 0.410 e. The summed E-state index contributed by atoms with van der Waals surface area (Å²) < 4.78 is 11.5. The van der Waals surface area contributed by atoms with Crippen molar-refractivity contribution in [3.63, 3.8) is 0 Å². The number of amides is 1. The molecule has 4 rings (SSSR count). The number of aromatic nitrogens is 1. The van der Waals surface area contributed by atoms with Crippen molar-refractivity contribution in [1.29, 1.82) is 0 Å². The summed E-state index contributed by atoms with van der Waals surface area (Å²) in [5.74, 6) is 0.934. The van der Waals surface area contributed by atoms with Crippen LogP contribution in [0.2, 0.25) is 0 Å². The van der Waals surface area contributed by atoms with Crippen molar-refractivity contribution in [1.82, 2.24) is 9.88 Å². The molecule has 0 spiro atoms. The molecular weight excluding hydrogens is 462 g/mol. The Balaban J connectivity index is 1.78. The van der Waals surface area contributed by atoms with E-state index in [-0.39, 0.29) is 12.1 Å². The summed E-state index contributed by atoms with van der Waals surface area (Å²) in [7, 11) is 0. The van der Waals surface area contributed by atoms with Gasteiger partial charge < -0.3 is 20.1 Å². The normalized spacial score (nSPS) is 19.5. The van der Waals surface area contributed by atoms with Gasteiger partial charge in [-0.3, -0.25) is 0 Å². The van der Waals surface area contributed by atoms with Crippen LogP contribution in [0.4, 0.5) is 10.6 Å². The molecule has 198 valence electrons. The first kappa shape index (κ1) is 26.9. The molecule has 1 atom stereocenters. The number of pyridine rings is 1. The van der Waals surface area contributed by atoms with Gasteiger partial charge in [-0.15, -0.1) is 0 Å². The van der Waals surface area contributed by atoms with Gasteiger partial charge in [-0.05, 0) is 101 Å². The number of likely N-dealkylation sites (tertiary alicyclic amines) is 1. The molecule has 2 N–H and O–H groups in total. The molecule has 1 aromatic carbocycles. The van der Waals surface area contributed by atoms with Crippen molar-refractivity contribution < 1.29 is 14.3 Å². The van der Waals surface area contributed by atoms with E-state index in [0.29, 0.717) is 18.3 Å². The van der Waals surface area contributed by atoms with Crippen molar-refractivity contribution in [3.8, 4) is 11.1 Å². The highest BCUT2D eigenvalue weighted by molar-refractivity contribution is 5.82. The summed E-state index contributed by atoms with van der Waals surface area (Å²) in [6.07, 6.45) is 11.6. The summed E-state index contributed by atoms with van der Waals surface area (Å²) in [6, 6.07) is 8.81. The summed E-state index contributed by atoms with van der Waals surface area (Å²) in [5.41, 5.74) is 12.3. The van der Waals surface area contributed by atoms with Gasteiger partial charge in [-0.1, -0.05) is 30.4 Å². The average Bonchev–Trinajstić information content (AvgIpc) is 3.37. The lowest BCUT2D eigenvalue weighted by Crippen LogP contribution is -2.36. The summed E-state index contributed by atoms with van der Waals surface area (Å²) in [6.45, 7) is 12.0. The van der Waals surface area contributed by atoms with Crippen molar-refractivity contribution in [3.05, 3.63) is 65.4 Å². The summed E-state index contributed by atoms with van der Waals surface area (Å²) >= 11 is 0. The predicted molar refractivity (Wildman–Crippen MR) is 150 cm³/mol. The van der Waals surface area contributed by atoms with Crippen molar-refractivity contribution in [2.75, 3.05) is 25.5 Å². The molecule has 0 bridgehead atoms. The molecular formula is C31H41N3O3. The summed E-state index contributed by atoms with van der Waals surface area (Å²) in [4.78, 5) is 19.6. The molecule has 2 fully saturated rings. The molecule has 1 aromatic heterocycles. The first-order valence-corrected chi connectivity index (χ1v) is 13.5. The van der Waals surface area contributed by atoms with Gasteiger partial charge in [-0.25, -0.2) is 9.78 Å². The van der Waals surface area contributed by atoms with Crippen molar-refractivity contribution in [2.24, 2.45) is 0 Å². The Labute approximate surface area is 221 Å². The number of allylic oxidation sites excluding steroid dienone is 4. The zero-order chi connectivity index (χ0) is 26.6. The van der Waals surface area contributed by atoms with Gasteiger partial charge in [0.1, 0.15) is 11.4 Å². The van der Waals surface area contributed by atoms with Gasteiger partial charge in [-0.2, -0.15) is 0 Å². The SMILES string of the molecule is C/C=C\C(=C/C)c1cc(-c2ccc(C3CCOCC3)c(C3CCCN3C(=O)OC(C)(C)C)c2)cnc1N. The maximum atomic E-state index is 13.2. The number of nitrogen functional groups attached to an aromatic ring is 1. The Kier molecular flexibility index (Phi) is 8.38. The van der Waals surface area contributed by atoms with E-state index in [4.69, 9.17) is 15.2 Å². The van der Waals surface area contributed by atoms with Gasteiger partial charge in [0.15, 0.2) is 0 Å². The number of hydrogen-bond acceptors (Lipinski definition) is 5. The number of carbonyl (C=O) groups excluding carboxylic acids is 1. The fraction of sp³-hybridized carbons (Fsp3) is 0.484. The van der Waals surface area contributed by atoms with Crippen LogP contribution in [0.3, 0.4) is 0 Å². The molecule has 1 unspecified atom stereocenters. The third kappa shape index (κ3) is 6.24. The van der Waals surface area contributed by atoms with E-state index in [9.17, 15) is 4.79 Å². The molecule has 37 heavy (non-hydrogen) atoms. The molecule has 6 nitrogen and oxygen atoms in total. The highest BCUT2D eigenvalue weighted by Crippen LogP contribution is 2.41. The third-order valence-electron chi connectivity index (χ3n) is 7.21. The van der Waals surface area contributed by atoms with E-state index in [1.807, 2.05) is 63.9 Å². The number of rotatable bonds is 5. The number of anilines is 1. The van der Waals surface area contributed by atoms with Gasteiger partial charge in [0.05, 0.1) is 6.04 Å². The molecule has 2 aromatic rings. The van der Waals surface area contributed by atoms with Crippen molar-refractivity contribution in [2.45, 2.75) is 77.9 Å². The Morgan fingerprint density at radius 3 is 2.54 bits per heavy atom. The van der Waals surface area contributed by atoms with Crippen LogP contribution in [-0.2, 0) is 9.47 Å². The van der Waals surface area contributed by atoms with E-state index < -0.39 is 5.60 Å². The molecule has 2 aliphatic heterocycles. The first-order valence-electron chi connectivity index (χ1n) is 13.5. The largest absolute Gasteiger partial charge is 0.444 e. The topological polar surface area (TPSA) is 77.7 Å².